The lowest BCUT2D eigenvalue weighted by molar-refractivity contribution is 0.0602. The van der Waals surface area contributed by atoms with Crippen molar-refractivity contribution in [3.8, 4) is 11.1 Å². The molecule has 0 bridgehead atoms. The molecule has 104 valence electrons. The van der Waals surface area contributed by atoms with Gasteiger partial charge in [-0.25, -0.2) is 4.79 Å². The minimum Gasteiger partial charge on any atom is -0.465 e. The number of hydrogen-bond donors (Lipinski definition) is 0. The summed E-state index contributed by atoms with van der Waals surface area (Å²) in [5.41, 5.74) is 2.37. The highest BCUT2D eigenvalue weighted by atomic mass is 35.5. The normalized spacial score (nSPS) is 10.6. The summed E-state index contributed by atoms with van der Waals surface area (Å²) in [5.74, 6) is -0.342. The van der Waals surface area contributed by atoms with E-state index in [2.05, 4.69) is 0 Å². The highest BCUT2D eigenvalue weighted by Crippen LogP contribution is 2.33. The average Bonchev–Trinajstić information content (AvgIpc) is 2.54. The van der Waals surface area contributed by atoms with Crippen molar-refractivity contribution in [1.82, 2.24) is 0 Å². The van der Waals surface area contributed by atoms with E-state index < -0.39 is 0 Å². The molecule has 3 aromatic rings. The van der Waals surface area contributed by atoms with Gasteiger partial charge in [0.25, 0.3) is 0 Å². The SMILES string of the molecule is COC(=O)c1ccc2ccccc2c1-c1ccc(Cl)cc1. The number of halogens is 1. The number of hydrogen-bond acceptors (Lipinski definition) is 2. The Bertz CT molecular complexity index is 807. The van der Waals surface area contributed by atoms with Gasteiger partial charge in [-0.15, -0.1) is 0 Å². The third-order valence-electron chi connectivity index (χ3n) is 3.47. The summed E-state index contributed by atoms with van der Waals surface area (Å²) in [6, 6.07) is 19.2. The first-order valence-electron chi connectivity index (χ1n) is 6.56. The first-order valence-corrected chi connectivity index (χ1v) is 6.94. The topological polar surface area (TPSA) is 26.3 Å². The highest BCUT2D eigenvalue weighted by Gasteiger charge is 2.16. The van der Waals surface area contributed by atoms with E-state index in [-0.39, 0.29) is 5.97 Å². The van der Waals surface area contributed by atoms with Crippen molar-refractivity contribution in [3.63, 3.8) is 0 Å². The Kier molecular flexibility index (Phi) is 3.63. The largest absolute Gasteiger partial charge is 0.465 e. The second kappa shape index (κ2) is 5.58. The van der Waals surface area contributed by atoms with Crippen molar-refractivity contribution in [1.29, 1.82) is 0 Å². The van der Waals surface area contributed by atoms with E-state index in [1.165, 1.54) is 7.11 Å². The van der Waals surface area contributed by atoms with Crippen molar-refractivity contribution >= 4 is 28.3 Å². The molecular weight excluding hydrogens is 284 g/mol. The standard InChI is InChI=1S/C18H13ClO2/c1-21-18(20)16-11-8-12-4-2-3-5-15(12)17(16)13-6-9-14(19)10-7-13/h2-11H,1H3. The quantitative estimate of drug-likeness (QED) is 0.626. The fourth-order valence-corrected chi connectivity index (χ4v) is 2.61. The Morgan fingerprint density at radius 2 is 1.67 bits per heavy atom. The summed E-state index contributed by atoms with van der Waals surface area (Å²) in [7, 11) is 1.39. The molecule has 21 heavy (non-hydrogen) atoms. The molecule has 3 rings (SSSR count). The predicted molar refractivity (Wildman–Crippen MR) is 85.7 cm³/mol. The predicted octanol–water partition coefficient (Wildman–Crippen LogP) is 4.95. The second-order valence-electron chi connectivity index (χ2n) is 4.71. The van der Waals surface area contributed by atoms with E-state index in [0.29, 0.717) is 10.6 Å². The zero-order chi connectivity index (χ0) is 14.8. The van der Waals surface area contributed by atoms with Gasteiger partial charge in [0.15, 0.2) is 0 Å². The molecule has 0 radical (unpaired) electrons. The summed E-state index contributed by atoms with van der Waals surface area (Å²) in [4.78, 5) is 12.1. The van der Waals surface area contributed by atoms with Gasteiger partial charge >= 0.3 is 5.97 Å². The van der Waals surface area contributed by atoms with E-state index in [1.54, 1.807) is 6.07 Å². The van der Waals surface area contributed by atoms with Gasteiger partial charge in [-0.3, -0.25) is 0 Å². The molecule has 0 aliphatic carbocycles. The molecular formula is C18H13ClO2. The van der Waals surface area contributed by atoms with Crippen LogP contribution in [0.1, 0.15) is 10.4 Å². The first kappa shape index (κ1) is 13.7. The number of benzene rings is 3. The molecule has 0 heterocycles. The van der Waals surface area contributed by atoms with Crippen LogP contribution in [0.15, 0.2) is 60.7 Å². The minimum atomic E-state index is -0.342. The highest BCUT2D eigenvalue weighted by molar-refractivity contribution is 6.30. The molecule has 0 fully saturated rings. The summed E-state index contributed by atoms with van der Waals surface area (Å²) in [6.07, 6.45) is 0. The Hall–Kier alpha value is -2.32. The van der Waals surface area contributed by atoms with E-state index >= 15 is 0 Å². The Morgan fingerprint density at radius 3 is 2.38 bits per heavy atom. The zero-order valence-electron chi connectivity index (χ0n) is 11.5. The summed E-state index contributed by atoms with van der Waals surface area (Å²) < 4.78 is 4.91. The van der Waals surface area contributed by atoms with Crippen LogP contribution in [-0.4, -0.2) is 13.1 Å². The van der Waals surface area contributed by atoms with Gasteiger partial charge in [0.1, 0.15) is 0 Å². The van der Waals surface area contributed by atoms with Crippen LogP contribution >= 0.6 is 11.6 Å². The van der Waals surface area contributed by atoms with Crippen molar-refractivity contribution in [3.05, 3.63) is 71.2 Å². The number of rotatable bonds is 2. The minimum absolute atomic E-state index is 0.342. The Morgan fingerprint density at radius 1 is 0.952 bits per heavy atom. The Balaban J connectivity index is 2.35. The molecule has 3 heteroatoms. The van der Waals surface area contributed by atoms with Crippen LogP contribution in [0.3, 0.4) is 0 Å². The van der Waals surface area contributed by atoms with Crippen LogP contribution in [0, 0.1) is 0 Å². The van der Waals surface area contributed by atoms with Gasteiger partial charge in [-0.1, -0.05) is 54.1 Å². The third-order valence-corrected chi connectivity index (χ3v) is 3.72. The Labute approximate surface area is 127 Å². The fraction of sp³-hybridized carbons (Fsp3) is 0.0556. The number of methoxy groups -OCH3 is 1. The monoisotopic (exact) mass is 296 g/mol. The number of esters is 1. The summed E-state index contributed by atoms with van der Waals surface area (Å²) in [5, 5.41) is 2.76. The fourth-order valence-electron chi connectivity index (χ4n) is 2.48. The van der Waals surface area contributed by atoms with E-state index in [4.69, 9.17) is 16.3 Å². The molecule has 0 aliphatic rings. The first-order chi connectivity index (χ1) is 10.2. The van der Waals surface area contributed by atoms with Crippen molar-refractivity contribution < 1.29 is 9.53 Å². The van der Waals surface area contributed by atoms with Crippen molar-refractivity contribution in [2.24, 2.45) is 0 Å². The lowest BCUT2D eigenvalue weighted by Gasteiger charge is -2.12. The maximum absolute atomic E-state index is 12.1. The van der Waals surface area contributed by atoms with Crippen LogP contribution in [0.5, 0.6) is 0 Å². The van der Waals surface area contributed by atoms with Gasteiger partial charge in [0.05, 0.1) is 12.7 Å². The van der Waals surface area contributed by atoms with Crippen LogP contribution in [-0.2, 0) is 4.74 Å². The second-order valence-corrected chi connectivity index (χ2v) is 5.14. The van der Waals surface area contributed by atoms with Crippen molar-refractivity contribution in [2.75, 3.05) is 7.11 Å². The molecule has 0 aliphatic heterocycles. The molecule has 0 amide bonds. The van der Waals surface area contributed by atoms with Crippen LogP contribution < -0.4 is 0 Å². The lowest BCUT2D eigenvalue weighted by atomic mass is 9.93. The average molecular weight is 297 g/mol. The maximum Gasteiger partial charge on any atom is 0.338 e. The number of fused-ring (bicyclic) bond motifs is 1. The van der Waals surface area contributed by atoms with E-state index in [1.807, 2.05) is 54.6 Å². The van der Waals surface area contributed by atoms with Crippen LogP contribution in [0.25, 0.3) is 21.9 Å². The van der Waals surface area contributed by atoms with Gasteiger partial charge in [-0.2, -0.15) is 0 Å². The molecule has 0 saturated heterocycles. The maximum atomic E-state index is 12.1. The van der Waals surface area contributed by atoms with E-state index in [0.717, 1.165) is 21.9 Å². The van der Waals surface area contributed by atoms with Crippen LogP contribution in [0.4, 0.5) is 0 Å². The number of carbonyl (C=O) groups is 1. The summed E-state index contributed by atoms with van der Waals surface area (Å²) >= 11 is 5.96. The van der Waals surface area contributed by atoms with E-state index in [9.17, 15) is 4.79 Å². The molecule has 0 atom stereocenters. The number of carbonyl (C=O) groups excluding carboxylic acids is 1. The molecule has 0 saturated carbocycles. The zero-order valence-corrected chi connectivity index (χ0v) is 12.2. The van der Waals surface area contributed by atoms with Gasteiger partial charge in [-0.05, 0) is 34.5 Å². The molecule has 0 spiro atoms. The lowest BCUT2D eigenvalue weighted by Crippen LogP contribution is -2.04. The smallest absolute Gasteiger partial charge is 0.338 e. The van der Waals surface area contributed by atoms with Gasteiger partial charge in [0, 0.05) is 10.6 Å². The molecule has 2 nitrogen and oxygen atoms in total. The van der Waals surface area contributed by atoms with Gasteiger partial charge in [0.2, 0.25) is 0 Å². The molecule has 0 aromatic heterocycles. The van der Waals surface area contributed by atoms with Crippen molar-refractivity contribution in [2.45, 2.75) is 0 Å². The molecule has 0 N–H and O–H groups in total. The summed E-state index contributed by atoms with van der Waals surface area (Å²) in [6.45, 7) is 0. The molecule has 0 unspecified atom stereocenters. The number of ether oxygens (including phenoxy) is 1. The van der Waals surface area contributed by atoms with Crippen LogP contribution in [0.2, 0.25) is 5.02 Å². The molecule has 3 aromatic carbocycles. The van der Waals surface area contributed by atoms with Gasteiger partial charge < -0.3 is 4.74 Å². The third kappa shape index (κ3) is 2.50.